The minimum absolute atomic E-state index is 0.562. The molecule has 0 aromatic heterocycles. The summed E-state index contributed by atoms with van der Waals surface area (Å²) in [5, 5.41) is 3.80. The van der Waals surface area contributed by atoms with E-state index in [1.165, 1.54) is 94.1 Å². The number of guanidine groups is 1. The first kappa shape index (κ1) is 18.0. The number of rotatable bonds is 6. The van der Waals surface area contributed by atoms with E-state index >= 15 is 0 Å². The van der Waals surface area contributed by atoms with Crippen LogP contribution in [0.2, 0.25) is 0 Å². The highest BCUT2D eigenvalue weighted by Gasteiger charge is 2.19. The van der Waals surface area contributed by atoms with Gasteiger partial charge in [0, 0.05) is 26.1 Å². The second-order valence-corrected chi connectivity index (χ2v) is 8.12. The molecule has 0 aromatic carbocycles. The molecule has 2 fully saturated rings. The molecule has 2 aliphatic rings. The highest BCUT2D eigenvalue weighted by molar-refractivity contribution is 7.77. The standard InChI is InChI=1S/C18H35N3S/c1-21(14-9-15-22-2)18(19-16-10-5-3-6-11-16)20-17-12-7-4-8-13-17/h16-17H,3-15H2,1-2H3,(H,19,20)/p+1. The number of hydrogen-bond acceptors (Lipinski definition) is 1. The Labute approximate surface area is 141 Å². The second kappa shape index (κ2) is 10.4. The van der Waals surface area contributed by atoms with Crippen LogP contribution in [0.1, 0.15) is 70.6 Å². The van der Waals surface area contributed by atoms with Crippen LogP contribution in [-0.4, -0.2) is 48.5 Å². The van der Waals surface area contributed by atoms with E-state index < -0.39 is 0 Å². The monoisotopic (exact) mass is 326 g/mol. The summed E-state index contributed by atoms with van der Waals surface area (Å²) >= 11 is 1.51. The van der Waals surface area contributed by atoms with E-state index in [9.17, 15) is 0 Å². The van der Waals surface area contributed by atoms with Crippen LogP contribution in [-0.2, 0) is 11.8 Å². The van der Waals surface area contributed by atoms with Crippen molar-refractivity contribution < 1.29 is 0 Å². The van der Waals surface area contributed by atoms with Gasteiger partial charge in [-0.1, -0.05) is 38.5 Å². The SMILES string of the molecule is C[SH+]CCCN(C)C(=NC1CCCCC1)NC1CCCCC1. The number of aliphatic imine (C=N–C) groups is 1. The van der Waals surface area contributed by atoms with E-state index in [0.29, 0.717) is 12.1 Å². The summed E-state index contributed by atoms with van der Waals surface area (Å²) in [5.41, 5.74) is 0. The van der Waals surface area contributed by atoms with Crippen LogP contribution in [0.4, 0.5) is 0 Å². The minimum Gasteiger partial charge on any atom is -0.354 e. The molecule has 0 bridgehead atoms. The van der Waals surface area contributed by atoms with Crippen LogP contribution in [0, 0.1) is 0 Å². The Hall–Kier alpha value is -0.380. The van der Waals surface area contributed by atoms with E-state index in [1.54, 1.807) is 0 Å². The predicted molar refractivity (Wildman–Crippen MR) is 101 cm³/mol. The number of hydrogen-bond donors (Lipinski definition) is 1. The van der Waals surface area contributed by atoms with Crippen molar-refractivity contribution in [2.45, 2.75) is 82.7 Å². The molecule has 0 saturated heterocycles. The third-order valence-corrected chi connectivity index (χ3v) is 5.82. The predicted octanol–water partition coefficient (Wildman–Crippen LogP) is 3.36. The van der Waals surface area contributed by atoms with E-state index in [4.69, 9.17) is 4.99 Å². The Kier molecular flexibility index (Phi) is 8.50. The van der Waals surface area contributed by atoms with Gasteiger partial charge >= 0.3 is 0 Å². The highest BCUT2D eigenvalue weighted by atomic mass is 32.2. The van der Waals surface area contributed by atoms with Crippen molar-refractivity contribution in [3.05, 3.63) is 0 Å². The molecule has 0 aromatic rings. The lowest BCUT2D eigenvalue weighted by molar-refractivity contribution is 0.380. The van der Waals surface area contributed by atoms with Crippen LogP contribution in [0.15, 0.2) is 4.99 Å². The van der Waals surface area contributed by atoms with Crippen molar-refractivity contribution in [1.29, 1.82) is 0 Å². The molecule has 1 N–H and O–H groups in total. The molecule has 4 heteroatoms. The fourth-order valence-electron chi connectivity index (χ4n) is 3.63. The lowest BCUT2D eigenvalue weighted by Gasteiger charge is -2.30. The molecule has 0 heterocycles. The molecular weight excluding hydrogens is 290 g/mol. The molecule has 2 rings (SSSR count). The number of nitrogens with one attached hydrogen (secondary N) is 1. The second-order valence-electron chi connectivity index (χ2n) is 7.04. The molecule has 3 nitrogen and oxygen atoms in total. The summed E-state index contributed by atoms with van der Waals surface area (Å²) in [6, 6.07) is 1.22. The van der Waals surface area contributed by atoms with Crippen LogP contribution in [0.5, 0.6) is 0 Å². The number of thiol groups is 1. The molecule has 2 saturated carbocycles. The van der Waals surface area contributed by atoms with Crippen molar-refractivity contribution in [2.75, 3.05) is 25.6 Å². The summed E-state index contributed by atoms with van der Waals surface area (Å²) < 4.78 is 0. The van der Waals surface area contributed by atoms with Gasteiger partial charge < -0.3 is 10.2 Å². The van der Waals surface area contributed by atoms with Crippen molar-refractivity contribution in [3.63, 3.8) is 0 Å². The Balaban J connectivity index is 1.93. The van der Waals surface area contributed by atoms with Crippen molar-refractivity contribution in [2.24, 2.45) is 4.99 Å². The molecule has 128 valence electrons. The van der Waals surface area contributed by atoms with Crippen molar-refractivity contribution in [3.8, 4) is 0 Å². The van der Waals surface area contributed by atoms with E-state index in [-0.39, 0.29) is 0 Å². The zero-order valence-electron chi connectivity index (χ0n) is 14.7. The molecular formula is C18H36N3S+. The van der Waals surface area contributed by atoms with E-state index in [0.717, 1.165) is 6.54 Å². The minimum atomic E-state index is 0.562. The van der Waals surface area contributed by atoms with Gasteiger partial charge in [0.2, 0.25) is 0 Å². The largest absolute Gasteiger partial charge is 0.354 e. The van der Waals surface area contributed by atoms with Crippen LogP contribution < -0.4 is 5.32 Å². The van der Waals surface area contributed by atoms with Gasteiger partial charge in [-0.2, -0.15) is 0 Å². The van der Waals surface area contributed by atoms with Gasteiger partial charge in [0.05, 0.1) is 12.3 Å². The van der Waals surface area contributed by atoms with Crippen LogP contribution in [0.25, 0.3) is 0 Å². The summed E-state index contributed by atoms with van der Waals surface area (Å²) in [6.45, 7) is 1.13. The van der Waals surface area contributed by atoms with Gasteiger partial charge in [-0.3, -0.25) is 0 Å². The maximum atomic E-state index is 5.14. The normalized spacial score (nSPS) is 21.8. The smallest absolute Gasteiger partial charge is 0.194 e. The average molecular weight is 327 g/mol. The first-order valence-corrected chi connectivity index (χ1v) is 10.9. The quantitative estimate of drug-likeness (QED) is 0.266. The fraction of sp³-hybridized carbons (Fsp3) is 0.944. The maximum absolute atomic E-state index is 5.14. The molecule has 0 atom stereocenters. The summed E-state index contributed by atoms with van der Waals surface area (Å²) in [6.07, 6.45) is 17.1. The van der Waals surface area contributed by atoms with Crippen molar-refractivity contribution >= 4 is 17.7 Å². The molecule has 0 radical (unpaired) electrons. The van der Waals surface area contributed by atoms with Gasteiger partial charge in [-0.25, -0.2) is 4.99 Å². The molecule has 0 unspecified atom stereocenters. The first-order valence-electron chi connectivity index (χ1n) is 9.40. The van der Waals surface area contributed by atoms with Crippen molar-refractivity contribution in [1.82, 2.24) is 10.2 Å². The summed E-state index contributed by atoms with van der Waals surface area (Å²) in [5.74, 6) is 2.48. The average Bonchev–Trinajstić information content (AvgIpc) is 2.56. The summed E-state index contributed by atoms with van der Waals surface area (Å²) in [4.78, 5) is 7.52. The molecule has 22 heavy (non-hydrogen) atoms. The zero-order chi connectivity index (χ0) is 15.6. The maximum Gasteiger partial charge on any atom is 0.194 e. The molecule has 2 aliphatic carbocycles. The Bertz CT molecular complexity index is 320. The van der Waals surface area contributed by atoms with Gasteiger partial charge in [0.15, 0.2) is 5.96 Å². The molecule has 0 amide bonds. The third kappa shape index (κ3) is 6.39. The topological polar surface area (TPSA) is 27.6 Å². The van der Waals surface area contributed by atoms with Gasteiger partial charge in [0.25, 0.3) is 0 Å². The van der Waals surface area contributed by atoms with E-state index in [2.05, 4.69) is 23.5 Å². The number of nitrogens with zero attached hydrogens (tertiary/aromatic N) is 2. The lowest BCUT2D eigenvalue weighted by atomic mass is 9.95. The Morgan fingerprint density at radius 2 is 1.68 bits per heavy atom. The van der Waals surface area contributed by atoms with E-state index in [1.807, 2.05) is 0 Å². The highest BCUT2D eigenvalue weighted by Crippen LogP contribution is 2.21. The fourth-order valence-corrected chi connectivity index (χ4v) is 4.09. The lowest BCUT2D eigenvalue weighted by Crippen LogP contribution is -2.46. The van der Waals surface area contributed by atoms with Crippen LogP contribution >= 0.6 is 0 Å². The molecule has 0 aliphatic heterocycles. The van der Waals surface area contributed by atoms with Gasteiger partial charge in [-0.15, -0.1) is 0 Å². The van der Waals surface area contributed by atoms with Crippen LogP contribution in [0.3, 0.4) is 0 Å². The first-order chi connectivity index (χ1) is 10.8. The third-order valence-electron chi connectivity index (χ3n) is 5.05. The van der Waals surface area contributed by atoms with Gasteiger partial charge in [-0.05, 0) is 37.4 Å². The van der Waals surface area contributed by atoms with Gasteiger partial charge in [0.1, 0.15) is 5.75 Å². The Morgan fingerprint density at radius 3 is 2.32 bits per heavy atom. The molecule has 0 spiro atoms. The summed E-state index contributed by atoms with van der Waals surface area (Å²) in [7, 11) is 2.23. The Morgan fingerprint density at radius 1 is 1.05 bits per heavy atom. The zero-order valence-corrected chi connectivity index (χ0v) is 15.6.